The molecule has 1 aliphatic heterocycles. The Morgan fingerprint density at radius 1 is 1.12 bits per heavy atom. The summed E-state index contributed by atoms with van der Waals surface area (Å²) in [5.74, 6) is 2.50. The van der Waals surface area contributed by atoms with E-state index in [-0.39, 0.29) is 0 Å². The van der Waals surface area contributed by atoms with Crippen LogP contribution in [0.25, 0.3) is 22.1 Å². The van der Waals surface area contributed by atoms with Gasteiger partial charge in [-0.05, 0) is 31.0 Å². The zero-order valence-electron chi connectivity index (χ0n) is 13.2. The number of fused-ring (bicyclic) bond motifs is 2. The number of rotatable bonds is 2. The molecule has 1 atom stereocenters. The van der Waals surface area contributed by atoms with Crippen molar-refractivity contribution < 1.29 is 0 Å². The van der Waals surface area contributed by atoms with E-state index >= 15 is 0 Å². The van der Waals surface area contributed by atoms with Crippen LogP contribution in [0.2, 0.25) is 0 Å². The third kappa shape index (κ3) is 2.14. The summed E-state index contributed by atoms with van der Waals surface area (Å²) in [6, 6.07) is 10.3. The van der Waals surface area contributed by atoms with Crippen LogP contribution < -0.4 is 4.90 Å². The van der Waals surface area contributed by atoms with Gasteiger partial charge in [0.25, 0.3) is 0 Å². The van der Waals surface area contributed by atoms with Gasteiger partial charge < -0.3 is 14.9 Å². The molecule has 0 radical (unpaired) electrons. The molecule has 1 aromatic carbocycles. The van der Waals surface area contributed by atoms with Crippen molar-refractivity contribution in [1.82, 2.24) is 24.9 Å². The third-order valence-corrected chi connectivity index (χ3v) is 4.85. The zero-order chi connectivity index (χ0) is 15.9. The van der Waals surface area contributed by atoms with Gasteiger partial charge in [0.05, 0.1) is 16.4 Å². The molecule has 6 heteroatoms. The van der Waals surface area contributed by atoms with Crippen LogP contribution in [0.4, 0.5) is 5.82 Å². The van der Waals surface area contributed by atoms with Crippen molar-refractivity contribution >= 4 is 27.9 Å². The van der Waals surface area contributed by atoms with Crippen molar-refractivity contribution in [2.75, 3.05) is 18.0 Å². The highest BCUT2D eigenvalue weighted by molar-refractivity contribution is 5.87. The van der Waals surface area contributed by atoms with Crippen LogP contribution in [0, 0.1) is 0 Å². The van der Waals surface area contributed by atoms with Crippen LogP contribution in [-0.2, 0) is 0 Å². The minimum Gasteiger partial charge on any atom is -0.355 e. The highest BCUT2D eigenvalue weighted by atomic mass is 15.2. The molecule has 1 fully saturated rings. The molecule has 1 unspecified atom stereocenters. The lowest BCUT2D eigenvalue weighted by molar-refractivity contribution is 0.493. The van der Waals surface area contributed by atoms with Gasteiger partial charge in [-0.3, -0.25) is 0 Å². The first-order valence-corrected chi connectivity index (χ1v) is 8.36. The van der Waals surface area contributed by atoms with E-state index in [0.29, 0.717) is 5.92 Å². The van der Waals surface area contributed by atoms with Gasteiger partial charge in [-0.15, -0.1) is 0 Å². The average molecular weight is 318 g/mol. The van der Waals surface area contributed by atoms with Crippen molar-refractivity contribution in [3.8, 4) is 0 Å². The molecule has 0 amide bonds. The molecule has 0 bridgehead atoms. The summed E-state index contributed by atoms with van der Waals surface area (Å²) in [4.78, 5) is 22.6. The number of hydrogen-bond donors (Lipinski definition) is 2. The molecule has 0 spiro atoms. The number of aromatic nitrogens is 5. The Labute approximate surface area is 139 Å². The molecule has 5 rings (SSSR count). The van der Waals surface area contributed by atoms with E-state index in [2.05, 4.69) is 43.0 Å². The maximum absolute atomic E-state index is 4.80. The van der Waals surface area contributed by atoms with Gasteiger partial charge in [-0.1, -0.05) is 12.1 Å². The monoisotopic (exact) mass is 318 g/mol. The molecule has 0 aliphatic carbocycles. The predicted octanol–water partition coefficient (Wildman–Crippen LogP) is 3.22. The van der Waals surface area contributed by atoms with Crippen LogP contribution in [0.15, 0.2) is 42.9 Å². The maximum atomic E-state index is 4.80. The second-order valence-corrected chi connectivity index (χ2v) is 6.36. The number of anilines is 1. The number of nitrogens with one attached hydrogen (secondary N) is 2. The van der Waals surface area contributed by atoms with Crippen LogP contribution in [0.5, 0.6) is 0 Å². The summed E-state index contributed by atoms with van der Waals surface area (Å²) in [5.41, 5.74) is 3.05. The Morgan fingerprint density at radius 3 is 3.04 bits per heavy atom. The molecule has 0 saturated carbocycles. The lowest BCUT2D eigenvalue weighted by atomic mass is 9.97. The molecule has 1 saturated heterocycles. The minimum absolute atomic E-state index is 0.398. The number of H-pyrrole nitrogens is 2. The SMILES string of the molecule is c1ccc2[nH]c(C3CCCN(c4ncnc5[nH]ccc45)C3)nc2c1. The van der Waals surface area contributed by atoms with E-state index in [4.69, 9.17) is 4.98 Å². The van der Waals surface area contributed by atoms with E-state index in [0.717, 1.165) is 59.6 Å². The fourth-order valence-electron chi connectivity index (χ4n) is 3.67. The van der Waals surface area contributed by atoms with Gasteiger partial charge in [-0.2, -0.15) is 0 Å². The third-order valence-electron chi connectivity index (χ3n) is 4.85. The number of para-hydroxylation sites is 2. The summed E-state index contributed by atoms with van der Waals surface area (Å²) in [6.07, 6.45) is 5.85. The average Bonchev–Trinajstić information content (AvgIpc) is 3.28. The van der Waals surface area contributed by atoms with Crippen molar-refractivity contribution in [2.45, 2.75) is 18.8 Å². The van der Waals surface area contributed by atoms with Crippen molar-refractivity contribution in [2.24, 2.45) is 0 Å². The first kappa shape index (κ1) is 13.5. The first-order valence-electron chi connectivity index (χ1n) is 8.36. The molecule has 3 aromatic heterocycles. The summed E-state index contributed by atoms with van der Waals surface area (Å²) < 4.78 is 0. The Morgan fingerprint density at radius 2 is 2.08 bits per heavy atom. The van der Waals surface area contributed by atoms with E-state index in [1.807, 2.05) is 18.3 Å². The standard InChI is InChI=1S/C18H18N6/c1-2-6-15-14(5-1)22-16(23-15)12-4-3-9-24(10-12)18-13-7-8-19-17(13)20-11-21-18/h1-2,5-8,11-12H,3-4,9-10H2,(H,22,23)(H,19,20,21). The number of hydrogen-bond acceptors (Lipinski definition) is 4. The molecule has 6 nitrogen and oxygen atoms in total. The number of piperidine rings is 1. The lowest BCUT2D eigenvalue weighted by Gasteiger charge is -2.32. The number of benzene rings is 1. The summed E-state index contributed by atoms with van der Waals surface area (Å²) in [7, 11) is 0. The van der Waals surface area contributed by atoms with Gasteiger partial charge in [0.2, 0.25) is 0 Å². The molecule has 24 heavy (non-hydrogen) atoms. The van der Waals surface area contributed by atoms with Crippen molar-refractivity contribution in [3.63, 3.8) is 0 Å². The molecule has 4 aromatic rings. The van der Waals surface area contributed by atoms with Gasteiger partial charge in [0.15, 0.2) is 0 Å². The van der Waals surface area contributed by atoms with E-state index in [9.17, 15) is 0 Å². The topological polar surface area (TPSA) is 73.5 Å². The molecule has 4 heterocycles. The largest absolute Gasteiger partial charge is 0.355 e. The predicted molar refractivity (Wildman–Crippen MR) is 94.2 cm³/mol. The Balaban J connectivity index is 1.48. The Hall–Kier alpha value is -2.89. The van der Waals surface area contributed by atoms with Crippen LogP contribution in [0.1, 0.15) is 24.6 Å². The number of nitrogens with zero attached hydrogens (tertiary/aromatic N) is 4. The summed E-state index contributed by atoms with van der Waals surface area (Å²) >= 11 is 0. The molecular formula is C18H18N6. The fraction of sp³-hybridized carbons (Fsp3) is 0.278. The van der Waals surface area contributed by atoms with Crippen LogP contribution in [-0.4, -0.2) is 38.0 Å². The smallest absolute Gasteiger partial charge is 0.142 e. The highest BCUT2D eigenvalue weighted by Crippen LogP contribution is 2.31. The van der Waals surface area contributed by atoms with Gasteiger partial charge in [0.1, 0.15) is 23.6 Å². The van der Waals surface area contributed by atoms with Crippen LogP contribution in [0.3, 0.4) is 0 Å². The quantitative estimate of drug-likeness (QED) is 0.595. The highest BCUT2D eigenvalue weighted by Gasteiger charge is 2.25. The summed E-state index contributed by atoms with van der Waals surface area (Å²) in [5, 5.41) is 1.09. The lowest BCUT2D eigenvalue weighted by Crippen LogP contribution is -2.35. The molecule has 1 aliphatic rings. The second kappa shape index (κ2) is 5.33. The van der Waals surface area contributed by atoms with Crippen molar-refractivity contribution in [3.05, 3.63) is 48.7 Å². The number of aromatic amines is 2. The fourth-order valence-corrected chi connectivity index (χ4v) is 3.67. The number of imidazole rings is 1. The van der Waals surface area contributed by atoms with E-state index in [1.54, 1.807) is 6.33 Å². The molecule has 120 valence electrons. The zero-order valence-corrected chi connectivity index (χ0v) is 13.2. The molecule has 2 N–H and O–H groups in total. The Bertz CT molecular complexity index is 968. The van der Waals surface area contributed by atoms with E-state index < -0.39 is 0 Å². The maximum Gasteiger partial charge on any atom is 0.142 e. The first-order chi connectivity index (χ1) is 11.9. The molecular weight excluding hydrogens is 300 g/mol. The normalized spacial score (nSPS) is 18.5. The summed E-state index contributed by atoms with van der Waals surface area (Å²) in [6.45, 7) is 1.95. The van der Waals surface area contributed by atoms with Crippen molar-refractivity contribution in [1.29, 1.82) is 0 Å². The van der Waals surface area contributed by atoms with Gasteiger partial charge in [-0.25, -0.2) is 15.0 Å². The second-order valence-electron chi connectivity index (χ2n) is 6.36. The van der Waals surface area contributed by atoms with E-state index in [1.165, 1.54) is 0 Å². The minimum atomic E-state index is 0.398. The van der Waals surface area contributed by atoms with Crippen LogP contribution >= 0.6 is 0 Å². The van der Waals surface area contributed by atoms with Gasteiger partial charge >= 0.3 is 0 Å². The Kier molecular flexibility index (Phi) is 3.01. The van der Waals surface area contributed by atoms with Gasteiger partial charge in [0, 0.05) is 25.2 Å².